The Bertz CT molecular complexity index is 2390. The van der Waals surface area contributed by atoms with E-state index in [2.05, 4.69) is 32.8 Å². The number of nitrogens with zero attached hydrogens (tertiary/aromatic N) is 7. The third kappa shape index (κ3) is 7.61. The molecule has 1 unspecified atom stereocenters. The van der Waals surface area contributed by atoms with Gasteiger partial charge >= 0.3 is 0 Å². The van der Waals surface area contributed by atoms with Gasteiger partial charge in [0, 0.05) is 61.8 Å². The molecule has 1 aromatic heterocycles. The molecule has 2 saturated carbocycles. The summed E-state index contributed by atoms with van der Waals surface area (Å²) in [6.45, 7) is 17.3. The molecule has 0 spiro atoms. The molecule has 1 atom stereocenters. The molecule has 2 N–H and O–H groups in total. The summed E-state index contributed by atoms with van der Waals surface area (Å²) in [5.41, 5.74) is 6.44. The van der Waals surface area contributed by atoms with Crippen molar-refractivity contribution in [2.45, 2.75) is 117 Å². The molecule has 338 valence electrons. The molecule has 2 aromatic carbocycles. The Hall–Kier alpha value is -6.08. The number of rotatable bonds is 13. The second-order valence-corrected chi connectivity index (χ2v) is 19.3. The Kier molecular flexibility index (Phi) is 11.7. The fourth-order valence-corrected chi connectivity index (χ4v) is 11.5. The number of hydrogen-bond donors (Lipinski definition) is 1. The number of primary amides is 1. The van der Waals surface area contributed by atoms with Crippen LogP contribution in [0.2, 0.25) is 0 Å². The van der Waals surface area contributed by atoms with E-state index < -0.39 is 52.6 Å². The zero-order valence-corrected chi connectivity index (χ0v) is 38.0. The van der Waals surface area contributed by atoms with E-state index in [9.17, 15) is 29.2 Å². The van der Waals surface area contributed by atoms with Crippen molar-refractivity contribution in [3.8, 4) is 23.3 Å². The van der Waals surface area contributed by atoms with E-state index in [1.54, 1.807) is 18.3 Å². The Morgan fingerprint density at radius 2 is 1.56 bits per heavy atom. The number of amides is 5. The number of aromatic nitrogens is 2. The first-order valence-corrected chi connectivity index (χ1v) is 22.3. The smallest absolute Gasteiger partial charge is 0.268 e. The Morgan fingerprint density at radius 1 is 0.906 bits per heavy atom. The summed E-state index contributed by atoms with van der Waals surface area (Å²) >= 11 is 0. The maximum atomic E-state index is 14.6. The van der Waals surface area contributed by atoms with Gasteiger partial charge in [-0.3, -0.25) is 33.8 Å². The highest BCUT2D eigenvalue weighted by Gasteiger charge is 2.68. The van der Waals surface area contributed by atoms with Gasteiger partial charge in [0.15, 0.2) is 0 Å². The number of methoxy groups -OCH3 is 1. The molecule has 3 aromatic rings. The molecular weight excluding hydrogens is 817 g/mol. The number of fused-ring (bicyclic) bond motifs is 1. The van der Waals surface area contributed by atoms with Crippen molar-refractivity contribution < 1.29 is 38.2 Å². The predicted octanol–water partition coefficient (Wildman–Crippen LogP) is 5.22. The largest absolute Gasteiger partial charge is 0.496 e. The zero-order chi connectivity index (χ0) is 46.0. The van der Waals surface area contributed by atoms with Gasteiger partial charge in [0.05, 0.1) is 48.3 Å². The van der Waals surface area contributed by atoms with Crippen LogP contribution in [-0.4, -0.2) is 118 Å². The van der Waals surface area contributed by atoms with Crippen molar-refractivity contribution >= 4 is 35.4 Å². The number of benzene rings is 2. The van der Waals surface area contributed by atoms with Gasteiger partial charge in [0.1, 0.15) is 47.0 Å². The van der Waals surface area contributed by atoms with Gasteiger partial charge in [0.25, 0.3) is 23.6 Å². The molecule has 16 nitrogen and oxygen atoms in total. The number of aryl methyl sites for hydroxylation is 2. The lowest BCUT2D eigenvalue weighted by Crippen LogP contribution is -2.77. The summed E-state index contributed by atoms with van der Waals surface area (Å²) in [5, 5.41) is 9.57. The predicted molar refractivity (Wildman–Crippen MR) is 235 cm³/mol. The van der Waals surface area contributed by atoms with Gasteiger partial charge in [0.2, 0.25) is 5.91 Å². The van der Waals surface area contributed by atoms with Crippen molar-refractivity contribution in [1.82, 2.24) is 24.7 Å². The first-order valence-electron chi connectivity index (χ1n) is 22.3. The van der Waals surface area contributed by atoms with Crippen molar-refractivity contribution in [2.75, 3.05) is 38.2 Å². The van der Waals surface area contributed by atoms with Crippen LogP contribution >= 0.6 is 0 Å². The van der Waals surface area contributed by atoms with Crippen molar-refractivity contribution in [3.05, 3.63) is 70.2 Å². The van der Waals surface area contributed by atoms with Crippen LogP contribution < -0.4 is 24.8 Å². The number of nitrogens with two attached hydrogens (primary N) is 1. The van der Waals surface area contributed by atoms with E-state index >= 15 is 0 Å². The minimum absolute atomic E-state index is 0.0139. The minimum Gasteiger partial charge on any atom is -0.496 e. The quantitative estimate of drug-likeness (QED) is 0.220. The third-order valence-corrected chi connectivity index (χ3v) is 14.4. The Balaban J connectivity index is 0.903. The van der Waals surface area contributed by atoms with Crippen LogP contribution in [0.1, 0.15) is 121 Å². The maximum absolute atomic E-state index is 14.6. The van der Waals surface area contributed by atoms with E-state index in [4.69, 9.17) is 19.9 Å². The summed E-state index contributed by atoms with van der Waals surface area (Å²) in [4.78, 5) is 83.6. The molecule has 5 amide bonds. The summed E-state index contributed by atoms with van der Waals surface area (Å²) < 4.78 is 18.7. The molecule has 4 heterocycles. The number of carbonyl (C=O) groups excluding carboxylic acids is 5. The number of hydrogen-bond acceptors (Lipinski definition) is 13. The van der Waals surface area contributed by atoms with E-state index in [1.807, 2.05) is 53.7 Å². The first-order chi connectivity index (χ1) is 30.4. The summed E-state index contributed by atoms with van der Waals surface area (Å²) in [7, 11) is 1.43. The minimum atomic E-state index is -1.18. The number of nitriles is 1. The van der Waals surface area contributed by atoms with Gasteiger partial charge in [-0.05, 0) is 74.9 Å². The molecule has 4 fully saturated rings. The van der Waals surface area contributed by atoms with E-state index in [-0.39, 0.29) is 47.4 Å². The summed E-state index contributed by atoms with van der Waals surface area (Å²) in [6, 6.07) is 7.68. The highest BCUT2D eigenvalue weighted by Crippen LogP contribution is 2.59. The second kappa shape index (κ2) is 16.8. The normalized spacial score (nSPS) is 25.1. The van der Waals surface area contributed by atoms with Crippen LogP contribution in [0.5, 0.6) is 17.2 Å². The lowest BCUT2D eigenvalue weighted by atomic mass is 9.48. The molecule has 2 saturated heterocycles. The van der Waals surface area contributed by atoms with E-state index in [0.717, 1.165) is 73.7 Å². The number of anilines is 1. The fraction of sp³-hybridized carbons (Fsp3) is 0.542. The SMILES string of the molecule is CCN(CC1CCN(c2cnc(C(N)=O)cn2)CC1)C1CC(Oc2cc(OC)c3c(c2)C(=O)N(C2CCC(=O)N(C4C(C)(C)C(Oc5cc(C)c(C#N)c(C)c5)C4(C)C)C2=O)C3=O)C1. The van der Waals surface area contributed by atoms with Gasteiger partial charge < -0.3 is 29.7 Å². The Labute approximate surface area is 374 Å². The van der Waals surface area contributed by atoms with Crippen molar-refractivity contribution in [2.24, 2.45) is 22.5 Å². The van der Waals surface area contributed by atoms with Gasteiger partial charge in [-0.1, -0.05) is 34.6 Å². The zero-order valence-electron chi connectivity index (χ0n) is 38.0. The number of ether oxygens (including phenoxy) is 3. The topological polar surface area (TPSA) is 202 Å². The number of carbonyl (C=O) groups is 5. The number of piperidine rings is 2. The number of likely N-dealkylation sites (tertiary alicyclic amines) is 1. The second-order valence-electron chi connectivity index (χ2n) is 19.3. The highest BCUT2D eigenvalue weighted by molar-refractivity contribution is 6.24. The van der Waals surface area contributed by atoms with Crippen LogP contribution in [-0.2, 0) is 9.59 Å². The average Bonchev–Trinajstić information content (AvgIpc) is 3.49. The van der Waals surface area contributed by atoms with Crippen molar-refractivity contribution in [3.63, 3.8) is 0 Å². The van der Waals surface area contributed by atoms with Crippen molar-refractivity contribution in [1.29, 1.82) is 5.26 Å². The molecular formula is C48H58N8O8. The Morgan fingerprint density at radius 3 is 2.14 bits per heavy atom. The number of imide groups is 2. The van der Waals surface area contributed by atoms with E-state index in [1.165, 1.54) is 18.2 Å². The van der Waals surface area contributed by atoms with Gasteiger partial charge in [-0.25, -0.2) is 9.97 Å². The summed E-state index contributed by atoms with van der Waals surface area (Å²) in [5.74, 6) is -0.343. The molecule has 2 aliphatic carbocycles. The van der Waals surface area contributed by atoms with Crippen LogP contribution in [0.3, 0.4) is 0 Å². The molecule has 0 radical (unpaired) electrons. The average molecular weight is 875 g/mol. The lowest BCUT2D eigenvalue weighted by Gasteiger charge is -2.66. The molecule has 3 aliphatic heterocycles. The van der Waals surface area contributed by atoms with E-state index in [0.29, 0.717) is 29.0 Å². The van der Waals surface area contributed by atoms with Gasteiger partial charge in [-0.15, -0.1) is 0 Å². The highest BCUT2D eigenvalue weighted by atomic mass is 16.5. The summed E-state index contributed by atoms with van der Waals surface area (Å²) in [6.07, 6.45) is 6.15. The lowest BCUT2D eigenvalue weighted by molar-refractivity contribution is -0.216. The standard InChI is InChI=1S/C48H58N8O8/c1-9-53(25-28-12-14-54(15-13-28)38-24-51-35(23-52-38)41(50)58)29-18-31(19-29)63-32-20-33-40(37(21-32)62-8)44(61)55(42(33)59)36-10-11-39(57)56(43(36)60)45-47(4,5)46(48(45,6)7)64-30-16-26(2)34(22-49)27(3)17-30/h16-17,20-21,23-24,28-29,31,36,45-46H,9-15,18-19,25H2,1-8H3,(H2,50,58). The monoisotopic (exact) mass is 874 g/mol. The van der Waals surface area contributed by atoms with Gasteiger partial charge in [-0.2, -0.15) is 5.26 Å². The molecule has 64 heavy (non-hydrogen) atoms. The molecule has 8 rings (SSSR count). The molecule has 16 heteroatoms. The third-order valence-electron chi connectivity index (χ3n) is 14.4. The van der Waals surface area contributed by atoms with Crippen LogP contribution in [0, 0.1) is 41.9 Å². The maximum Gasteiger partial charge on any atom is 0.268 e. The molecule has 5 aliphatic rings. The first kappa shape index (κ1) is 44.5. The fourth-order valence-electron chi connectivity index (χ4n) is 11.5. The molecule has 0 bridgehead atoms. The van der Waals surface area contributed by atoms with Crippen LogP contribution in [0.25, 0.3) is 0 Å². The van der Waals surface area contributed by atoms with Crippen LogP contribution in [0.15, 0.2) is 36.7 Å². The van der Waals surface area contributed by atoms with Crippen LogP contribution in [0.4, 0.5) is 5.82 Å².